The summed E-state index contributed by atoms with van der Waals surface area (Å²) in [5, 5.41) is 18.7. The largest absolute Gasteiger partial charge is 0.494 e. The van der Waals surface area contributed by atoms with Crippen LogP contribution in [-0.4, -0.2) is 72.5 Å². The number of hydrogen-bond acceptors (Lipinski definition) is 8. The number of imide groups is 1. The van der Waals surface area contributed by atoms with Gasteiger partial charge in [-0.2, -0.15) is 0 Å². The van der Waals surface area contributed by atoms with Crippen LogP contribution in [0.4, 0.5) is 4.79 Å². The van der Waals surface area contributed by atoms with Crippen molar-refractivity contribution < 1.29 is 24.2 Å². The molecular weight excluding hydrogens is 544 g/mol. The van der Waals surface area contributed by atoms with E-state index >= 15 is 0 Å². The molecule has 1 aromatic rings. The van der Waals surface area contributed by atoms with Gasteiger partial charge in [-0.15, -0.1) is 0 Å². The number of amidine groups is 1. The molecule has 0 unspecified atom stereocenters. The van der Waals surface area contributed by atoms with Crippen LogP contribution >= 0.6 is 0 Å². The number of nitrogen functional groups attached to an aromatic ring is 1. The summed E-state index contributed by atoms with van der Waals surface area (Å²) in [7, 11) is 1.42. The fourth-order valence-corrected chi connectivity index (χ4v) is 7.79. The molecule has 0 bridgehead atoms. The van der Waals surface area contributed by atoms with Gasteiger partial charge in [0.25, 0.3) is 11.5 Å². The highest BCUT2D eigenvalue weighted by molar-refractivity contribution is 6.08. The van der Waals surface area contributed by atoms with E-state index in [0.717, 1.165) is 35.2 Å². The van der Waals surface area contributed by atoms with Gasteiger partial charge in [0.15, 0.2) is 0 Å². The van der Waals surface area contributed by atoms with Crippen LogP contribution in [0.2, 0.25) is 0 Å². The minimum absolute atomic E-state index is 0.202. The summed E-state index contributed by atoms with van der Waals surface area (Å²) in [5.41, 5.74) is 1.86. The zero-order valence-electron chi connectivity index (χ0n) is 24.9. The van der Waals surface area contributed by atoms with Crippen molar-refractivity contribution in [3.8, 4) is 5.88 Å². The topological polar surface area (TPSA) is 181 Å². The van der Waals surface area contributed by atoms with Crippen molar-refractivity contribution in [2.24, 2.45) is 17.1 Å². The molecule has 3 aliphatic carbocycles. The maximum Gasteiger partial charge on any atom is 0.334 e. The molecule has 4 fully saturated rings. The van der Waals surface area contributed by atoms with Gasteiger partial charge >= 0.3 is 17.7 Å². The number of aromatic nitrogens is 2. The van der Waals surface area contributed by atoms with Crippen molar-refractivity contribution >= 4 is 23.7 Å². The normalized spacial score (nSPS) is 28.1. The number of aromatic hydroxyl groups is 1. The molecule has 13 heteroatoms. The first-order valence-corrected chi connectivity index (χ1v) is 14.8. The van der Waals surface area contributed by atoms with Gasteiger partial charge in [-0.05, 0) is 83.5 Å². The van der Waals surface area contributed by atoms with Crippen LogP contribution < -0.4 is 17.0 Å². The number of esters is 1. The Bertz CT molecular complexity index is 1430. The van der Waals surface area contributed by atoms with E-state index in [-0.39, 0.29) is 35.9 Å². The first kappa shape index (κ1) is 29.8. The monoisotopic (exact) mass is 586 g/mol. The molecule has 0 atom stereocenters. The SMILES string of the molecule is CN1C(=O)N(CC(=O)OC(C)(C)C)C2(CC3(CCC(n4c(=O)c(C(=N)N)c(O)n(CC5CCCC5)c4=O)CC3)C2)C1=O. The van der Waals surface area contributed by atoms with Gasteiger partial charge in [-0.1, -0.05) is 12.8 Å². The van der Waals surface area contributed by atoms with E-state index in [2.05, 4.69) is 0 Å². The summed E-state index contributed by atoms with van der Waals surface area (Å²) in [6.45, 7) is 5.16. The first-order chi connectivity index (χ1) is 19.6. The third-order valence-corrected chi connectivity index (χ3v) is 9.69. The quantitative estimate of drug-likeness (QED) is 0.196. The Morgan fingerprint density at radius 1 is 1.07 bits per heavy atom. The molecule has 42 heavy (non-hydrogen) atoms. The van der Waals surface area contributed by atoms with Gasteiger partial charge in [-0.3, -0.25) is 38.7 Å². The molecule has 2 heterocycles. The van der Waals surface area contributed by atoms with E-state index in [1.165, 1.54) is 16.5 Å². The molecule has 1 aromatic heterocycles. The Labute approximate surface area is 244 Å². The standard InChI is InChI=1S/C29H42N6O7/c1-27(2,3)42-19(36)14-34-25(40)32(4)24(39)29(34)15-28(16-29)11-9-18(10-12-28)35-23(38)20(21(30)31)22(37)33(26(35)41)13-17-7-5-6-8-17/h17-18,37H,5-16H2,1-4H3,(H3,30,31). The van der Waals surface area contributed by atoms with Gasteiger partial charge < -0.3 is 15.6 Å². The number of rotatable bonds is 6. The number of carbonyl (C=O) groups is 3. The van der Waals surface area contributed by atoms with Crippen LogP contribution in [0.15, 0.2) is 9.59 Å². The fraction of sp³-hybridized carbons (Fsp3) is 0.724. The van der Waals surface area contributed by atoms with Crippen molar-refractivity contribution in [3.63, 3.8) is 0 Å². The number of amides is 3. The van der Waals surface area contributed by atoms with Crippen LogP contribution in [-0.2, 0) is 20.9 Å². The highest BCUT2D eigenvalue weighted by Gasteiger charge is 2.68. The van der Waals surface area contributed by atoms with E-state index in [9.17, 15) is 29.1 Å². The third-order valence-electron chi connectivity index (χ3n) is 9.69. The summed E-state index contributed by atoms with van der Waals surface area (Å²) in [6.07, 6.45) is 6.88. The van der Waals surface area contributed by atoms with Gasteiger partial charge in [0, 0.05) is 19.6 Å². The number of nitrogens with two attached hydrogens (primary N) is 1. The minimum Gasteiger partial charge on any atom is -0.494 e. The lowest BCUT2D eigenvalue weighted by molar-refractivity contribution is -0.162. The zero-order chi connectivity index (χ0) is 30.8. The number of likely N-dealkylation sites (N-methyl/N-ethyl adjacent to an activating group) is 1. The average molecular weight is 587 g/mol. The second kappa shape index (κ2) is 10.3. The summed E-state index contributed by atoms with van der Waals surface area (Å²) in [4.78, 5) is 68.3. The Balaban J connectivity index is 1.36. The van der Waals surface area contributed by atoms with Gasteiger partial charge in [0.1, 0.15) is 29.1 Å². The first-order valence-electron chi connectivity index (χ1n) is 14.8. The van der Waals surface area contributed by atoms with Crippen LogP contribution in [0.5, 0.6) is 5.88 Å². The number of ether oxygens (including phenoxy) is 1. The van der Waals surface area contributed by atoms with Gasteiger partial charge in [-0.25, -0.2) is 9.59 Å². The Morgan fingerprint density at radius 3 is 2.21 bits per heavy atom. The second-order valence-corrected chi connectivity index (χ2v) is 13.8. The van der Waals surface area contributed by atoms with Crippen LogP contribution in [0.1, 0.15) is 96.6 Å². The van der Waals surface area contributed by atoms with Crippen molar-refractivity contribution in [2.45, 2.75) is 109 Å². The molecule has 3 amide bonds. The number of hydrogen-bond donors (Lipinski definition) is 3. The molecule has 3 saturated carbocycles. The molecule has 0 aromatic carbocycles. The molecule has 230 valence electrons. The Hall–Kier alpha value is -3.64. The zero-order valence-corrected chi connectivity index (χ0v) is 24.9. The van der Waals surface area contributed by atoms with Crippen molar-refractivity contribution in [1.29, 1.82) is 5.41 Å². The Morgan fingerprint density at radius 2 is 1.67 bits per heavy atom. The summed E-state index contributed by atoms with van der Waals surface area (Å²) in [6, 6.07) is -0.980. The van der Waals surface area contributed by atoms with Crippen LogP contribution in [0, 0.1) is 16.7 Å². The molecule has 4 N–H and O–H groups in total. The fourth-order valence-electron chi connectivity index (χ4n) is 7.79. The van der Waals surface area contributed by atoms with Gasteiger partial charge in [0.2, 0.25) is 5.88 Å². The van der Waals surface area contributed by atoms with Crippen molar-refractivity contribution in [2.75, 3.05) is 13.6 Å². The molecule has 1 saturated heterocycles. The van der Waals surface area contributed by atoms with E-state index in [4.69, 9.17) is 15.9 Å². The summed E-state index contributed by atoms with van der Waals surface area (Å²) >= 11 is 0. The third kappa shape index (κ3) is 4.90. The number of carbonyl (C=O) groups excluding carboxylic acids is 3. The lowest BCUT2D eigenvalue weighted by Crippen LogP contribution is -2.65. The Kier molecular flexibility index (Phi) is 7.29. The number of nitrogens with one attached hydrogen (secondary N) is 1. The van der Waals surface area contributed by atoms with E-state index in [1.54, 1.807) is 20.8 Å². The van der Waals surface area contributed by atoms with E-state index in [1.807, 2.05) is 0 Å². The number of urea groups is 1. The molecule has 13 nitrogen and oxygen atoms in total. The van der Waals surface area contributed by atoms with E-state index < -0.39 is 52.1 Å². The van der Waals surface area contributed by atoms with Crippen molar-refractivity contribution in [3.05, 3.63) is 26.4 Å². The minimum atomic E-state index is -1.11. The highest BCUT2D eigenvalue weighted by atomic mass is 16.6. The van der Waals surface area contributed by atoms with Crippen LogP contribution in [0.3, 0.4) is 0 Å². The molecule has 2 spiro atoms. The second-order valence-electron chi connectivity index (χ2n) is 13.8. The molecular formula is C29H42N6O7. The molecule has 5 rings (SSSR count). The molecule has 0 radical (unpaired) electrons. The smallest absolute Gasteiger partial charge is 0.334 e. The maximum absolute atomic E-state index is 13.6. The lowest BCUT2D eigenvalue weighted by Gasteiger charge is -2.58. The van der Waals surface area contributed by atoms with Crippen LogP contribution in [0.25, 0.3) is 0 Å². The summed E-state index contributed by atoms with van der Waals surface area (Å²) < 4.78 is 7.77. The van der Waals surface area contributed by atoms with E-state index in [0.29, 0.717) is 38.5 Å². The number of nitrogens with zero attached hydrogens (tertiary/aromatic N) is 4. The highest BCUT2D eigenvalue weighted by Crippen LogP contribution is 2.62. The maximum atomic E-state index is 13.6. The molecule has 1 aliphatic heterocycles. The van der Waals surface area contributed by atoms with Crippen molar-refractivity contribution in [1.82, 2.24) is 18.9 Å². The average Bonchev–Trinajstić information content (AvgIpc) is 3.45. The van der Waals surface area contributed by atoms with Gasteiger partial charge in [0.05, 0.1) is 0 Å². The predicted octanol–water partition coefficient (Wildman–Crippen LogP) is 2.06. The summed E-state index contributed by atoms with van der Waals surface area (Å²) in [5.74, 6) is -1.84. The molecule has 4 aliphatic rings. The predicted molar refractivity (Wildman–Crippen MR) is 152 cm³/mol. The lowest BCUT2D eigenvalue weighted by atomic mass is 9.51.